The monoisotopic (exact) mass is 321 g/mol. The third-order valence-corrected chi connectivity index (χ3v) is 6.83. The van der Waals surface area contributed by atoms with Gasteiger partial charge in [0.25, 0.3) is 0 Å². The molecule has 0 spiro atoms. The maximum Gasteiger partial charge on any atom is 0.244 e. The van der Waals surface area contributed by atoms with Gasteiger partial charge in [0.1, 0.15) is 0 Å². The van der Waals surface area contributed by atoms with E-state index < -0.39 is 19.9 Å². The Kier molecular flexibility index (Phi) is 4.52. The Hall–Kier alpha value is -0.900. The molecule has 1 saturated heterocycles. The second kappa shape index (κ2) is 5.84. The average Bonchev–Trinajstić information content (AvgIpc) is 2.75. The van der Waals surface area contributed by atoms with Crippen LogP contribution < -0.4 is 5.32 Å². The molecule has 0 saturated carbocycles. The van der Waals surface area contributed by atoms with Crippen LogP contribution in [0.2, 0.25) is 0 Å². The predicted molar refractivity (Wildman–Crippen MR) is 75.6 cm³/mol. The van der Waals surface area contributed by atoms with Gasteiger partial charge in [-0.25, -0.2) is 16.8 Å². The van der Waals surface area contributed by atoms with Crippen molar-refractivity contribution in [2.45, 2.75) is 17.9 Å². The van der Waals surface area contributed by atoms with E-state index >= 15 is 0 Å². The van der Waals surface area contributed by atoms with Gasteiger partial charge in [0.05, 0.1) is 16.4 Å². The van der Waals surface area contributed by atoms with E-state index in [0.29, 0.717) is 13.0 Å². The van der Waals surface area contributed by atoms with Gasteiger partial charge in [-0.1, -0.05) is 0 Å². The molecule has 2 heterocycles. The molecule has 0 aliphatic carbocycles. The molecular formula is C11H19N3O4S2. The summed E-state index contributed by atoms with van der Waals surface area (Å²) in [6.07, 6.45) is 1.79. The molecule has 1 aromatic rings. The number of aromatic nitrogens is 1. The van der Waals surface area contributed by atoms with Gasteiger partial charge in [-0.3, -0.25) is 0 Å². The molecule has 0 atom stereocenters. The van der Waals surface area contributed by atoms with Gasteiger partial charge in [-0.15, -0.1) is 0 Å². The number of sulfonamides is 1. The molecule has 0 aromatic carbocycles. The number of aromatic amines is 1. The summed E-state index contributed by atoms with van der Waals surface area (Å²) >= 11 is 0. The van der Waals surface area contributed by atoms with Gasteiger partial charge in [0.2, 0.25) is 10.0 Å². The molecule has 7 nitrogen and oxygen atoms in total. The molecular weight excluding hydrogens is 302 g/mol. The average molecular weight is 321 g/mol. The van der Waals surface area contributed by atoms with E-state index in [4.69, 9.17) is 0 Å². The summed E-state index contributed by atoms with van der Waals surface area (Å²) in [7, 11) is -4.97. The minimum atomic E-state index is -3.62. The highest BCUT2D eigenvalue weighted by Crippen LogP contribution is 2.19. The normalized spacial score (nSPS) is 20.6. The van der Waals surface area contributed by atoms with Crippen LogP contribution in [0.25, 0.3) is 0 Å². The summed E-state index contributed by atoms with van der Waals surface area (Å²) in [5.41, 5.74) is 0.772. The second-order valence-corrected chi connectivity index (χ2v) is 9.04. The van der Waals surface area contributed by atoms with Gasteiger partial charge in [-0.2, -0.15) is 4.31 Å². The molecule has 20 heavy (non-hydrogen) atoms. The van der Waals surface area contributed by atoms with E-state index in [1.807, 2.05) is 0 Å². The van der Waals surface area contributed by atoms with Crippen LogP contribution in [0.5, 0.6) is 0 Å². The minimum absolute atomic E-state index is 0.0250. The first-order chi connectivity index (χ1) is 9.35. The lowest BCUT2D eigenvalue weighted by Crippen LogP contribution is -2.33. The number of nitrogens with zero attached hydrogens (tertiary/aromatic N) is 1. The zero-order chi connectivity index (χ0) is 14.8. The fraction of sp³-hybridized carbons (Fsp3) is 0.636. The van der Waals surface area contributed by atoms with E-state index in [-0.39, 0.29) is 29.5 Å². The van der Waals surface area contributed by atoms with Crippen molar-refractivity contribution >= 4 is 19.9 Å². The zero-order valence-electron chi connectivity index (χ0n) is 11.3. The van der Waals surface area contributed by atoms with Crippen molar-refractivity contribution in [3.05, 3.63) is 18.0 Å². The molecule has 0 radical (unpaired) electrons. The largest absolute Gasteiger partial charge is 0.363 e. The number of rotatable bonds is 4. The summed E-state index contributed by atoms with van der Waals surface area (Å²) < 4.78 is 49.2. The minimum Gasteiger partial charge on any atom is -0.363 e. The van der Waals surface area contributed by atoms with Crippen LogP contribution in [0.3, 0.4) is 0 Å². The molecule has 0 unspecified atom stereocenters. The number of sulfone groups is 1. The Morgan fingerprint density at radius 1 is 1.35 bits per heavy atom. The lowest BCUT2D eigenvalue weighted by molar-refractivity contribution is 0.435. The Morgan fingerprint density at radius 2 is 2.10 bits per heavy atom. The van der Waals surface area contributed by atoms with Crippen molar-refractivity contribution in [3.63, 3.8) is 0 Å². The van der Waals surface area contributed by atoms with E-state index in [2.05, 4.69) is 10.3 Å². The Bertz CT molecular complexity index is 664. The van der Waals surface area contributed by atoms with Gasteiger partial charge < -0.3 is 10.3 Å². The van der Waals surface area contributed by atoms with Crippen LogP contribution in [-0.2, 0) is 26.4 Å². The van der Waals surface area contributed by atoms with Gasteiger partial charge >= 0.3 is 0 Å². The number of hydrogen-bond acceptors (Lipinski definition) is 5. The first-order valence-corrected chi connectivity index (χ1v) is 9.64. The quantitative estimate of drug-likeness (QED) is 0.782. The maximum absolute atomic E-state index is 12.5. The van der Waals surface area contributed by atoms with Crippen LogP contribution in [0, 0.1) is 0 Å². The number of H-pyrrole nitrogens is 1. The second-order valence-electron chi connectivity index (χ2n) is 4.80. The molecule has 2 N–H and O–H groups in total. The van der Waals surface area contributed by atoms with E-state index in [1.54, 1.807) is 13.1 Å². The summed E-state index contributed by atoms with van der Waals surface area (Å²) in [5, 5.41) is 2.93. The SMILES string of the molecule is CNCc1cc(S(=O)(=O)N2CCCS(=O)(=O)CC2)c[nH]1. The number of hydrogen-bond donors (Lipinski definition) is 2. The topological polar surface area (TPSA) is 99.3 Å². The molecule has 1 fully saturated rings. The first kappa shape index (κ1) is 15.5. The fourth-order valence-electron chi connectivity index (χ4n) is 2.17. The molecule has 9 heteroatoms. The standard InChI is InChI=1S/C11H19N3O4S2/c1-12-8-10-7-11(9-13-10)20(17,18)14-3-2-5-19(15,16)6-4-14/h7,9,12-13H,2-6,8H2,1H3. The smallest absolute Gasteiger partial charge is 0.244 e. The van der Waals surface area contributed by atoms with Gasteiger partial charge in [-0.05, 0) is 19.5 Å². The highest BCUT2D eigenvalue weighted by atomic mass is 32.2. The lowest BCUT2D eigenvalue weighted by Gasteiger charge is -2.18. The molecule has 0 bridgehead atoms. The van der Waals surface area contributed by atoms with Crippen molar-refractivity contribution in [1.29, 1.82) is 0 Å². The van der Waals surface area contributed by atoms with Crippen molar-refractivity contribution in [2.75, 3.05) is 31.6 Å². The third-order valence-electron chi connectivity index (χ3n) is 3.24. The van der Waals surface area contributed by atoms with Crippen LogP contribution in [0.15, 0.2) is 17.2 Å². The fourth-order valence-corrected chi connectivity index (χ4v) is 5.05. The van der Waals surface area contributed by atoms with Crippen LogP contribution >= 0.6 is 0 Å². The summed E-state index contributed by atoms with van der Waals surface area (Å²) in [6, 6.07) is 1.57. The van der Waals surface area contributed by atoms with E-state index in [9.17, 15) is 16.8 Å². The van der Waals surface area contributed by atoms with Gasteiger partial charge in [0.15, 0.2) is 9.84 Å². The molecule has 2 rings (SSSR count). The number of nitrogens with one attached hydrogen (secondary N) is 2. The van der Waals surface area contributed by atoms with Crippen molar-refractivity contribution in [1.82, 2.24) is 14.6 Å². The predicted octanol–water partition coefficient (Wildman–Crippen LogP) is -0.457. The first-order valence-electron chi connectivity index (χ1n) is 6.37. The highest BCUT2D eigenvalue weighted by molar-refractivity contribution is 7.91. The molecule has 1 aliphatic rings. The van der Waals surface area contributed by atoms with Gasteiger partial charge in [0, 0.05) is 31.5 Å². The molecule has 0 amide bonds. The Balaban J connectivity index is 2.20. The van der Waals surface area contributed by atoms with E-state index in [1.165, 1.54) is 10.5 Å². The summed E-state index contributed by atoms with van der Waals surface area (Å²) in [4.78, 5) is 3.08. The van der Waals surface area contributed by atoms with Crippen molar-refractivity contribution in [2.24, 2.45) is 0 Å². The third kappa shape index (κ3) is 3.40. The highest BCUT2D eigenvalue weighted by Gasteiger charge is 2.29. The molecule has 1 aliphatic heterocycles. The van der Waals surface area contributed by atoms with Crippen molar-refractivity contribution < 1.29 is 16.8 Å². The lowest BCUT2D eigenvalue weighted by atomic mass is 10.4. The van der Waals surface area contributed by atoms with Crippen LogP contribution in [0.4, 0.5) is 0 Å². The summed E-state index contributed by atoms with van der Waals surface area (Å²) in [5.74, 6) is -0.0583. The van der Waals surface area contributed by atoms with Crippen LogP contribution in [-0.4, -0.2) is 57.8 Å². The zero-order valence-corrected chi connectivity index (χ0v) is 12.9. The van der Waals surface area contributed by atoms with Crippen LogP contribution in [0.1, 0.15) is 12.1 Å². The summed E-state index contributed by atoms with van der Waals surface area (Å²) in [6.45, 7) is 0.815. The molecule has 1 aromatic heterocycles. The molecule has 114 valence electrons. The maximum atomic E-state index is 12.5. The Labute approximate surface area is 119 Å². The van der Waals surface area contributed by atoms with Crippen molar-refractivity contribution in [3.8, 4) is 0 Å². The Morgan fingerprint density at radius 3 is 2.80 bits per heavy atom. The van der Waals surface area contributed by atoms with E-state index in [0.717, 1.165) is 5.69 Å².